The summed E-state index contributed by atoms with van der Waals surface area (Å²) in [6, 6.07) is 7.17. The molecular weight excluding hydrogens is 229 g/mol. The number of ether oxygens (including phenoxy) is 1. The maximum Gasteiger partial charge on any atom is 0.123 e. The number of hydrogen-bond donors (Lipinski definition) is 1. The monoisotopic (exact) mass is 251 g/mol. The second-order valence-electron chi connectivity index (χ2n) is 5.13. The highest BCUT2D eigenvalue weighted by molar-refractivity contribution is 5.17. The van der Waals surface area contributed by atoms with Gasteiger partial charge in [-0.05, 0) is 50.3 Å². The predicted molar refractivity (Wildman–Crippen MR) is 71.2 cm³/mol. The van der Waals surface area contributed by atoms with Crippen LogP contribution < -0.4 is 5.32 Å². The van der Waals surface area contributed by atoms with Crippen molar-refractivity contribution in [2.75, 3.05) is 13.2 Å². The van der Waals surface area contributed by atoms with Crippen LogP contribution in [0.1, 0.15) is 31.7 Å². The Morgan fingerprint density at radius 1 is 1.44 bits per heavy atom. The quantitative estimate of drug-likeness (QED) is 0.868. The Balaban J connectivity index is 1.72. The molecule has 0 spiro atoms. The minimum absolute atomic E-state index is 0.157. The zero-order chi connectivity index (χ0) is 12.8. The first-order chi connectivity index (χ1) is 8.74. The number of hydrogen-bond acceptors (Lipinski definition) is 2. The van der Waals surface area contributed by atoms with E-state index in [4.69, 9.17) is 4.74 Å². The van der Waals surface area contributed by atoms with Crippen molar-refractivity contribution in [3.8, 4) is 0 Å². The lowest BCUT2D eigenvalue weighted by atomic mass is 10.1. The summed E-state index contributed by atoms with van der Waals surface area (Å²) in [5.74, 6) is -0.157. The van der Waals surface area contributed by atoms with Gasteiger partial charge < -0.3 is 10.1 Å². The molecule has 3 heteroatoms. The van der Waals surface area contributed by atoms with Crippen molar-refractivity contribution in [2.45, 2.75) is 44.8 Å². The molecule has 2 rings (SSSR count). The van der Waals surface area contributed by atoms with Crippen LogP contribution >= 0.6 is 0 Å². The Hall–Kier alpha value is -0.930. The zero-order valence-corrected chi connectivity index (χ0v) is 11.0. The summed E-state index contributed by atoms with van der Waals surface area (Å²) in [6.45, 7) is 3.93. The van der Waals surface area contributed by atoms with E-state index >= 15 is 0 Å². The van der Waals surface area contributed by atoms with Crippen LogP contribution in [0.15, 0.2) is 24.3 Å². The van der Waals surface area contributed by atoms with Gasteiger partial charge in [0.2, 0.25) is 0 Å². The average Bonchev–Trinajstić information content (AvgIpc) is 2.38. The van der Waals surface area contributed by atoms with Gasteiger partial charge in [0.1, 0.15) is 5.82 Å². The van der Waals surface area contributed by atoms with Crippen LogP contribution in [0.25, 0.3) is 0 Å². The summed E-state index contributed by atoms with van der Waals surface area (Å²) >= 11 is 0. The van der Waals surface area contributed by atoms with Crippen LogP contribution in [-0.4, -0.2) is 25.3 Å². The van der Waals surface area contributed by atoms with E-state index < -0.39 is 0 Å². The van der Waals surface area contributed by atoms with Crippen LogP contribution in [-0.2, 0) is 11.2 Å². The largest absolute Gasteiger partial charge is 0.377 e. The van der Waals surface area contributed by atoms with E-state index in [0.717, 1.165) is 31.6 Å². The Kier molecular flexibility index (Phi) is 5.14. The molecule has 1 heterocycles. The molecule has 2 atom stereocenters. The minimum Gasteiger partial charge on any atom is -0.377 e. The van der Waals surface area contributed by atoms with E-state index in [1.165, 1.54) is 18.9 Å². The molecule has 1 saturated heterocycles. The summed E-state index contributed by atoms with van der Waals surface area (Å²) in [4.78, 5) is 0. The smallest absolute Gasteiger partial charge is 0.123 e. The predicted octanol–water partition coefficient (Wildman–Crippen LogP) is 2.92. The Bertz CT molecular complexity index is 363. The summed E-state index contributed by atoms with van der Waals surface area (Å²) in [5.41, 5.74) is 1.04. The van der Waals surface area contributed by atoms with Crippen molar-refractivity contribution in [1.29, 1.82) is 0 Å². The SMILES string of the molecule is CC(Cc1cccc(F)c1)NCC1CCCCO1. The van der Waals surface area contributed by atoms with Gasteiger partial charge in [0, 0.05) is 19.2 Å². The van der Waals surface area contributed by atoms with Crippen molar-refractivity contribution < 1.29 is 9.13 Å². The molecule has 1 N–H and O–H groups in total. The van der Waals surface area contributed by atoms with Crippen molar-refractivity contribution in [3.05, 3.63) is 35.6 Å². The molecule has 100 valence electrons. The van der Waals surface area contributed by atoms with Crippen LogP contribution in [0.5, 0.6) is 0 Å². The first-order valence-electron chi connectivity index (χ1n) is 6.83. The van der Waals surface area contributed by atoms with Gasteiger partial charge in [-0.1, -0.05) is 12.1 Å². The maximum atomic E-state index is 13.1. The third-order valence-corrected chi connectivity index (χ3v) is 3.40. The highest BCUT2D eigenvalue weighted by Crippen LogP contribution is 2.12. The van der Waals surface area contributed by atoms with Crippen molar-refractivity contribution in [2.24, 2.45) is 0 Å². The molecule has 0 aromatic heterocycles. The zero-order valence-electron chi connectivity index (χ0n) is 11.0. The van der Waals surface area contributed by atoms with Gasteiger partial charge >= 0.3 is 0 Å². The highest BCUT2D eigenvalue weighted by atomic mass is 19.1. The summed E-state index contributed by atoms with van der Waals surface area (Å²) in [7, 11) is 0. The Morgan fingerprint density at radius 2 is 2.33 bits per heavy atom. The second kappa shape index (κ2) is 6.86. The molecule has 0 bridgehead atoms. The summed E-state index contributed by atoms with van der Waals surface area (Å²) < 4.78 is 18.7. The van der Waals surface area contributed by atoms with E-state index in [9.17, 15) is 4.39 Å². The fourth-order valence-corrected chi connectivity index (χ4v) is 2.39. The third-order valence-electron chi connectivity index (χ3n) is 3.40. The molecular formula is C15H22FNO. The first-order valence-corrected chi connectivity index (χ1v) is 6.83. The summed E-state index contributed by atoms with van der Waals surface area (Å²) in [6.07, 6.45) is 4.82. The van der Waals surface area contributed by atoms with E-state index in [0.29, 0.717) is 12.1 Å². The second-order valence-corrected chi connectivity index (χ2v) is 5.13. The molecule has 0 aliphatic carbocycles. The van der Waals surface area contributed by atoms with Gasteiger partial charge in [-0.2, -0.15) is 0 Å². The van der Waals surface area contributed by atoms with Crippen molar-refractivity contribution in [3.63, 3.8) is 0 Å². The molecule has 1 aliphatic heterocycles. The molecule has 0 amide bonds. The van der Waals surface area contributed by atoms with Gasteiger partial charge in [0.05, 0.1) is 6.10 Å². The van der Waals surface area contributed by atoms with Crippen LogP contribution in [0.4, 0.5) is 4.39 Å². The van der Waals surface area contributed by atoms with Gasteiger partial charge in [-0.15, -0.1) is 0 Å². The normalized spacial score (nSPS) is 21.8. The van der Waals surface area contributed by atoms with Gasteiger partial charge in [0.25, 0.3) is 0 Å². The minimum atomic E-state index is -0.157. The van der Waals surface area contributed by atoms with Gasteiger partial charge in [-0.25, -0.2) is 4.39 Å². The van der Waals surface area contributed by atoms with E-state index in [1.807, 2.05) is 6.07 Å². The van der Waals surface area contributed by atoms with E-state index in [2.05, 4.69) is 12.2 Å². The standard InChI is InChI=1S/C15H22FNO/c1-12(9-13-5-4-6-14(16)10-13)17-11-15-7-2-3-8-18-15/h4-6,10,12,15,17H,2-3,7-9,11H2,1H3. The lowest BCUT2D eigenvalue weighted by Gasteiger charge is -2.24. The van der Waals surface area contributed by atoms with Crippen molar-refractivity contribution >= 4 is 0 Å². The third kappa shape index (κ3) is 4.39. The molecule has 1 aliphatic rings. The van der Waals surface area contributed by atoms with Crippen molar-refractivity contribution in [1.82, 2.24) is 5.32 Å². The fourth-order valence-electron chi connectivity index (χ4n) is 2.39. The number of nitrogens with one attached hydrogen (secondary N) is 1. The molecule has 1 aromatic carbocycles. The number of benzene rings is 1. The molecule has 1 aromatic rings. The van der Waals surface area contributed by atoms with Crippen LogP contribution in [0, 0.1) is 5.82 Å². The molecule has 2 unspecified atom stereocenters. The number of rotatable bonds is 5. The molecule has 2 nitrogen and oxygen atoms in total. The van der Waals surface area contributed by atoms with Gasteiger partial charge in [-0.3, -0.25) is 0 Å². The number of halogens is 1. The first kappa shape index (κ1) is 13.5. The Morgan fingerprint density at radius 3 is 3.06 bits per heavy atom. The fraction of sp³-hybridized carbons (Fsp3) is 0.600. The molecule has 1 fully saturated rings. The van der Waals surface area contributed by atoms with E-state index in [-0.39, 0.29) is 5.82 Å². The lowest BCUT2D eigenvalue weighted by Crippen LogP contribution is -2.37. The molecule has 0 radical (unpaired) electrons. The van der Waals surface area contributed by atoms with Crippen LogP contribution in [0.2, 0.25) is 0 Å². The highest BCUT2D eigenvalue weighted by Gasteiger charge is 2.14. The lowest BCUT2D eigenvalue weighted by molar-refractivity contribution is 0.0156. The van der Waals surface area contributed by atoms with Gasteiger partial charge in [0.15, 0.2) is 0 Å². The van der Waals surface area contributed by atoms with Crippen LogP contribution in [0.3, 0.4) is 0 Å². The maximum absolute atomic E-state index is 13.1. The summed E-state index contributed by atoms with van der Waals surface area (Å²) in [5, 5.41) is 3.47. The topological polar surface area (TPSA) is 21.3 Å². The molecule has 0 saturated carbocycles. The van der Waals surface area contributed by atoms with E-state index in [1.54, 1.807) is 12.1 Å². The molecule has 18 heavy (non-hydrogen) atoms. The Labute approximate surface area is 109 Å². The average molecular weight is 251 g/mol.